The lowest BCUT2D eigenvalue weighted by molar-refractivity contribution is -0.121. The van der Waals surface area contributed by atoms with Gasteiger partial charge in [0.05, 0.1) is 12.0 Å². The summed E-state index contributed by atoms with van der Waals surface area (Å²) >= 11 is 0. The molecule has 8 nitrogen and oxygen atoms in total. The lowest BCUT2D eigenvalue weighted by atomic mass is 9.86. The van der Waals surface area contributed by atoms with Crippen LogP contribution < -0.4 is 15.6 Å². The minimum Gasteiger partial charge on any atom is -0.489 e. The van der Waals surface area contributed by atoms with E-state index in [1.165, 1.54) is 0 Å². The van der Waals surface area contributed by atoms with E-state index in [0.29, 0.717) is 12.3 Å². The minimum absolute atomic E-state index is 0.135. The van der Waals surface area contributed by atoms with Crippen LogP contribution in [-0.4, -0.2) is 22.9 Å². The van der Waals surface area contributed by atoms with E-state index in [9.17, 15) is 4.79 Å². The van der Waals surface area contributed by atoms with Crippen molar-refractivity contribution in [2.75, 3.05) is 5.32 Å². The zero-order valence-electron chi connectivity index (χ0n) is 18.1. The Morgan fingerprint density at radius 1 is 1.00 bits per heavy atom. The molecule has 33 heavy (non-hydrogen) atoms. The smallest absolute Gasteiger partial charge is 0.236 e. The monoisotopic (exact) mass is 440 g/mol. The summed E-state index contributed by atoms with van der Waals surface area (Å²) in [6, 6.07) is 26.9. The Morgan fingerprint density at radius 2 is 1.70 bits per heavy atom. The number of nitrogens with one attached hydrogen (secondary N) is 2. The van der Waals surface area contributed by atoms with Crippen molar-refractivity contribution < 1.29 is 9.53 Å². The number of rotatable bonds is 6. The molecule has 5 rings (SSSR count). The van der Waals surface area contributed by atoms with Crippen molar-refractivity contribution in [1.82, 2.24) is 10.5 Å². The van der Waals surface area contributed by atoms with Crippen molar-refractivity contribution in [2.45, 2.75) is 25.9 Å². The zero-order chi connectivity index (χ0) is 22.6. The first-order valence-corrected chi connectivity index (χ1v) is 10.8. The number of para-hydroxylation sites is 1. The van der Waals surface area contributed by atoms with Gasteiger partial charge >= 0.3 is 0 Å². The predicted octanol–water partition coefficient (Wildman–Crippen LogP) is 4.51. The van der Waals surface area contributed by atoms with E-state index in [0.717, 1.165) is 22.6 Å². The summed E-state index contributed by atoms with van der Waals surface area (Å²) in [5.41, 5.74) is 6.40. The second kappa shape index (κ2) is 9.22. The molecule has 2 unspecified atom stereocenters. The minimum atomic E-state index is -0.520. The van der Waals surface area contributed by atoms with Gasteiger partial charge in [0.25, 0.3) is 0 Å². The number of carbonyl (C=O) groups is 1. The van der Waals surface area contributed by atoms with Crippen molar-refractivity contribution in [3.05, 3.63) is 96.1 Å². The summed E-state index contributed by atoms with van der Waals surface area (Å²) in [6.45, 7) is 2.36. The predicted molar refractivity (Wildman–Crippen MR) is 125 cm³/mol. The van der Waals surface area contributed by atoms with Gasteiger partial charge in [0, 0.05) is 11.4 Å². The van der Waals surface area contributed by atoms with E-state index in [1.807, 2.05) is 96.9 Å². The lowest BCUT2D eigenvalue weighted by Gasteiger charge is -2.38. The van der Waals surface area contributed by atoms with Gasteiger partial charge in [-0.15, -0.1) is 5.11 Å². The molecular weight excluding hydrogens is 416 g/mol. The number of benzene rings is 3. The van der Waals surface area contributed by atoms with E-state index in [4.69, 9.17) is 4.74 Å². The summed E-state index contributed by atoms with van der Waals surface area (Å²) in [5, 5.41) is 12.9. The topological polar surface area (TPSA) is 90.7 Å². The summed E-state index contributed by atoms with van der Waals surface area (Å²) < 4.78 is 5.93. The number of hydrogen-bond acceptors (Lipinski definition) is 7. The third kappa shape index (κ3) is 4.47. The van der Waals surface area contributed by atoms with Crippen LogP contribution in [0.4, 0.5) is 5.69 Å². The van der Waals surface area contributed by atoms with Crippen LogP contribution >= 0.6 is 0 Å². The van der Waals surface area contributed by atoms with Crippen molar-refractivity contribution in [3.63, 3.8) is 0 Å². The third-order valence-corrected chi connectivity index (χ3v) is 5.75. The van der Waals surface area contributed by atoms with Gasteiger partial charge in [0.1, 0.15) is 12.4 Å². The number of carbonyl (C=O) groups excluding carboxylic acids is 1. The van der Waals surface area contributed by atoms with Crippen LogP contribution in [-0.2, 0) is 11.4 Å². The zero-order valence-corrected chi connectivity index (χ0v) is 18.1. The van der Waals surface area contributed by atoms with Crippen LogP contribution in [0, 0.1) is 5.92 Å². The van der Waals surface area contributed by atoms with Gasteiger partial charge in [0.15, 0.2) is 0 Å². The molecule has 0 fully saturated rings. The molecule has 3 aromatic rings. The molecule has 0 saturated heterocycles. The highest BCUT2D eigenvalue weighted by molar-refractivity contribution is 6.09. The summed E-state index contributed by atoms with van der Waals surface area (Å²) in [5.74, 6) is 0.104. The third-order valence-electron chi connectivity index (χ3n) is 5.75. The first-order chi connectivity index (χ1) is 16.2. The molecule has 3 atom stereocenters. The number of nitrogens with zero attached hydrogens (tertiary/aromatic N) is 4. The number of anilines is 1. The largest absolute Gasteiger partial charge is 0.489 e. The Morgan fingerprint density at radius 3 is 2.42 bits per heavy atom. The van der Waals surface area contributed by atoms with Crippen LogP contribution in [0.3, 0.4) is 0 Å². The fourth-order valence-electron chi connectivity index (χ4n) is 4.11. The molecule has 0 bridgehead atoms. The molecule has 166 valence electrons. The van der Waals surface area contributed by atoms with Crippen molar-refractivity contribution in [3.8, 4) is 5.75 Å². The Kier molecular flexibility index (Phi) is 5.82. The second-order valence-electron chi connectivity index (χ2n) is 7.96. The fourth-order valence-corrected chi connectivity index (χ4v) is 4.11. The highest BCUT2D eigenvalue weighted by Crippen LogP contribution is 2.37. The standard InChI is InChI=1S/C25H24N6O2/c1-17-22(24(32)27-20-10-6-3-7-11-20)23(31-25(26-17)28-29-30-31)19-12-14-21(15-13-19)33-16-18-8-4-2-5-9-18/h2-15,22-23,25H,16H2,1H3,(H,27,32)(H,28,30)/t22?,23-,25?/m0/s1. The maximum absolute atomic E-state index is 13.3. The molecule has 2 aliphatic heterocycles. The van der Waals surface area contributed by atoms with Gasteiger partial charge in [-0.2, -0.15) is 5.01 Å². The van der Waals surface area contributed by atoms with Crippen molar-refractivity contribution in [1.29, 1.82) is 0 Å². The average Bonchev–Trinajstić information content (AvgIpc) is 3.31. The van der Waals surface area contributed by atoms with Crippen LogP contribution in [0.1, 0.15) is 24.1 Å². The van der Waals surface area contributed by atoms with Gasteiger partial charge in [0.2, 0.25) is 12.2 Å². The van der Waals surface area contributed by atoms with Gasteiger partial charge in [-0.3, -0.25) is 4.79 Å². The quantitative estimate of drug-likeness (QED) is 0.590. The Labute approximate surface area is 192 Å². The van der Waals surface area contributed by atoms with Gasteiger partial charge in [-0.25, -0.2) is 10.5 Å². The maximum atomic E-state index is 13.3. The molecule has 0 aromatic heterocycles. The van der Waals surface area contributed by atoms with Crippen LogP contribution in [0.5, 0.6) is 5.75 Å². The number of hydrazine groups is 1. The molecule has 2 aliphatic rings. The summed E-state index contributed by atoms with van der Waals surface area (Å²) in [7, 11) is 0. The normalized spacial score (nSPS) is 21.6. The molecule has 3 aromatic carbocycles. The molecule has 2 heterocycles. The fraction of sp³-hybridized carbons (Fsp3) is 0.200. The van der Waals surface area contributed by atoms with E-state index in [-0.39, 0.29) is 11.9 Å². The highest BCUT2D eigenvalue weighted by Gasteiger charge is 2.45. The van der Waals surface area contributed by atoms with E-state index in [1.54, 1.807) is 0 Å². The number of fused-ring (bicyclic) bond motifs is 1. The summed E-state index contributed by atoms with van der Waals surface area (Å²) in [4.78, 5) is 17.9. The van der Waals surface area contributed by atoms with Gasteiger partial charge < -0.3 is 10.1 Å². The number of amides is 1. The Hall–Kier alpha value is -4.04. The second-order valence-corrected chi connectivity index (χ2v) is 7.96. The van der Waals surface area contributed by atoms with E-state index >= 15 is 0 Å². The van der Waals surface area contributed by atoms with Gasteiger partial charge in [-0.05, 0) is 42.3 Å². The Bertz CT molecular complexity index is 1160. The van der Waals surface area contributed by atoms with E-state index in [2.05, 4.69) is 26.2 Å². The molecule has 0 radical (unpaired) electrons. The molecule has 0 aliphatic carbocycles. The molecule has 0 spiro atoms. The van der Waals surface area contributed by atoms with Crippen LogP contribution in [0.15, 0.2) is 100 Å². The molecule has 2 N–H and O–H groups in total. The first kappa shape index (κ1) is 20.8. The number of aliphatic imine (C=N–C) groups is 1. The van der Waals surface area contributed by atoms with Crippen molar-refractivity contribution >= 4 is 17.3 Å². The molecule has 0 saturated carbocycles. The summed E-state index contributed by atoms with van der Waals surface area (Å²) in [6.07, 6.45) is -0.496. The molecular formula is C25H24N6O2. The van der Waals surface area contributed by atoms with Crippen molar-refractivity contribution in [2.24, 2.45) is 21.2 Å². The first-order valence-electron chi connectivity index (χ1n) is 10.8. The average molecular weight is 441 g/mol. The molecule has 8 heteroatoms. The van der Waals surface area contributed by atoms with Crippen LogP contribution in [0.2, 0.25) is 0 Å². The SMILES string of the molecule is CC1=NC2N=NNN2[C@@H](c2ccc(OCc3ccccc3)cc2)C1C(=O)Nc1ccccc1. The Balaban J connectivity index is 1.38. The maximum Gasteiger partial charge on any atom is 0.236 e. The number of hydrogen-bond donors (Lipinski definition) is 2. The molecule has 1 amide bonds. The lowest BCUT2D eigenvalue weighted by Crippen LogP contribution is -2.51. The van der Waals surface area contributed by atoms with Gasteiger partial charge in [-0.1, -0.05) is 65.9 Å². The highest BCUT2D eigenvalue weighted by atomic mass is 16.5. The van der Waals surface area contributed by atoms with Crippen LogP contribution in [0.25, 0.3) is 0 Å². The van der Waals surface area contributed by atoms with E-state index < -0.39 is 12.2 Å². The number of ether oxygens (including phenoxy) is 1.